The fourth-order valence-electron chi connectivity index (χ4n) is 4.69. The molecule has 1 atom stereocenters. The van der Waals surface area contributed by atoms with Crippen molar-refractivity contribution in [1.29, 1.82) is 0 Å². The van der Waals surface area contributed by atoms with Crippen LogP contribution >= 0.6 is 11.3 Å². The van der Waals surface area contributed by atoms with Crippen LogP contribution in [0.5, 0.6) is 0 Å². The third kappa shape index (κ3) is 3.95. The van der Waals surface area contributed by atoms with Gasteiger partial charge < -0.3 is 9.15 Å². The number of thiazole rings is 1. The van der Waals surface area contributed by atoms with Crippen molar-refractivity contribution in [2.24, 2.45) is 5.92 Å². The molecular weight excluding hydrogens is 462 g/mol. The van der Waals surface area contributed by atoms with E-state index < -0.39 is 5.97 Å². The van der Waals surface area contributed by atoms with Gasteiger partial charge in [0.05, 0.1) is 28.7 Å². The van der Waals surface area contributed by atoms with Gasteiger partial charge >= 0.3 is 5.97 Å². The zero-order valence-corrected chi connectivity index (χ0v) is 19.7. The topological polar surface area (TPSA) is 86.7 Å². The van der Waals surface area contributed by atoms with Gasteiger partial charge in [-0.3, -0.25) is 9.20 Å². The average molecular weight is 484 g/mol. The van der Waals surface area contributed by atoms with Crippen molar-refractivity contribution >= 4 is 44.8 Å². The van der Waals surface area contributed by atoms with Crippen molar-refractivity contribution in [2.45, 2.75) is 26.4 Å². The number of ether oxygens (including phenoxy) is 1. The van der Waals surface area contributed by atoms with Crippen LogP contribution < -0.4 is 5.56 Å². The molecule has 4 aromatic heterocycles. The molecule has 1 aliphatic rings. The van der Waals surface area contributed by atoms with Crippen LogP contribution in [0.3, 0.4) is 0 Å². The highest BCUT2D eigenvalue weighted by Crippen LogP contribution is 2.38. The smallest absolute Gasteiger partial charge is 0.339 e. The van der Waals surface area contributed by atoms with E-state index in [2.05, 4.69) is 11.9 Å². The number of carbonyl (C=O) groups is 1. The van der Waals surface area contributed by atoms with Crippen molar-refractivity contribution in [3.8, 4) is 0 Å². The number of benzene rings is 1. The van der Waals surface area contributed by atoms with Crippen molar-refractivity contribution < 1.29 is 13.9 Å². The maximum atomic E-state index is 13.5. The van der Waals surface area contributed by atoms with E-state index in [1.54, 1.807) is 17.8 Å². The first-order valence-electron chi connectivity index (χ1n) is 11.4. The van der Waals surface area contributed by atoms with E-state index in [-0.39, 0.29) is 12.2 Å². The van der Waals surface area contributed by atoms with Crippen molar-refractivity contribution in [1.82, 2.24) is 14.4 Å². The third-order valence-electron chi connectivity index (χ3n) is 6.19. The summed E-state index contributed by atoms with van der Waals surface area (Å²) in [5.41, 5.74) is 4.20. The zero-order valence-electron chi connectivity index (χ0n) is 18.9. The number of fused-ring (bicyclic) bond motifs is 3. The number of carbonyl (C=O) groups excluding carboxylic acids is 1. The Hall–Kier alpha value is -4.04. The minimum absolute atomic E-state index is 0.0848. The average Bonchev–Trinajstić information content (AvgIpc) is 3.54. The first kappa shape index (κ1) is 21.5. The third-order valence-corrected chi connectivity index (χ3v) is 6.95. The molecule has 0 aliphatic heterocycles. The van der Waals surface area contributed by atoms with Gasteiger partial charge in [0.25, 0.3) is 5.56 Å². The Morgan fingerprint density at radius 2 is 2.11 bits per heavy atom. The number of rotatable bonds is 4. The van der Waals surface area contributed by atoms with Crippen LogP contribution in [-0.4, -0.2) is 20.3 Å². The summed E-state index contributed by atoms with van der Waals surface area (Å²) in [6, 6.07) is 12.8. The van der Waals surface area contributed by atoms with Crippen molar-refractivity contribution in [3.63, 3.8) is 0 Å². The number of allylic oxidation sites excluding steroid dienone is 1. The Balaban J connectivity index is 1.42. The lowest BCUT2D eigenvalue weighted by Gasteiger charge is -2.26. The lowest BCUT2D eigenvalue weighted by Crippen LogP contribution is -2.19. The molecular formula is C27H21N3O4S. The Labute approximate surface area is 204 Å². The second-order valence-electron chi connectivity index (χ2n) is 8.75. The highest BCUT2D eigenvalue weighted by Gasteiger charge is 2.29. The van der Waals surface area contributed by atoms with E-state index in [0.717, 1.165) is 39.9 Å². The molecule has 6 rings (SSSR count). The molecule has 0 N–H and O–H groups in total. The molecule has 1 aromatic carbocycles. The normalized spacial score (nSPS) is 16.6. The van der Waals surface area contributed by atoms with E-state index in [1.807, 2.05) is 42.5 Å². The van der Waals surface area contributed by atoms with Crippen LogP contribution in [0.25, 0.3) is 27.5 Å². The molecule has 4 heterocycles. The second kappa shape index (κ2) is 8.63. The van der Waals surface area contributed by atoms with Gasteiger partial charge in [0.1, 0.15) is 12.4 Å². The first-order chi connectivity index (χ1) is 17.1. The van der Waals surface area contributed by atoms with Crippen LogP contribution in [0.1, 0.15) is 46.4 Å². The molecule has 5 aromatic rings. The van der Waals surface area contributed by atoms with Crippen LogP contribution in [0.15, 0.2) is 69.5 Å². The quantitative estimate of drug-likeness (QED) is 0.319. The van der Waals surface area contributed by atoms with Gasteiger partial charge in [-0.25, -0.2) is 14.8 Å². The zero-order chi connectivity index (χ0) is 23.9. The van der Waals surface area contributed by atoms with Gasteiger partial charge in [-0.15, -0.1) is 11.3 Å². The largest absolute Gasteiger partial charge is 0.465 e. The molecule has 0 bridgehead atoms. The second-order valence-corrected chi connectivity index (χ2v) is 9.62. The van der Waals surface area contributed by atoms with Gasteiger partial charge in [0.15, 0.2) is 4.96 Å². The number of hydrogen-bond donors (Lipinski definition) is 0. The fourth-order valence-corrected chi connectivity index (χ4v) is 5.43. The van der Waals surface area contributed by atoms with E-state index in [4.69, 9.17) is 14.1 Å². The lowest BCUT2D eigenvalue weighted by atomic mass is 9.81. The van der Waals surface area contributed by atoms with Gasteiger partial charge in [-0.05, 0) is 54.2 Å². The van der Waals surface area contributed by atoms with Gasteiger partial charge in [0, 0.05) is 23.0 Å². The predicted octanol–water partition coefficient (Wildman–Crippen LogP) is 5.38. The van der Waals surface area contributed by atoms with Crippen LogP contribution in [0.4, 0.5) is 0 Å². The standard InChI is InChI=1S/C27H21N3O4S/c1-16-11-17(13-19-5-4-9-33-19)25-21(12-16)24(20-6-2-3-7-22(20)29-25)26(32)34-15-18-14-23(31)30-8-10-35-27(30)28-18/h2-10,13-14,16H,11-12,15H2,1H3/b17-13+. The van der Waals surface area contributed by atoms with E-state index in [0.29, 0.717) is 28.6 Å². The number of furan rings is 1. The summed E-state index contributed by atoms with van der Waals surface area (Å²) in [4.78, 5) is 35.8. The van der Waals surface area contributed by atoms with Gasteiger partial charge in [-0.2, -0.15) is 0 Å². The number of hydrogen-bond acceptors (Lipinski definition) is 7. The minimum atomic E-state index is -0.445. The molecule has 8 heteroatoms. The Morgan fingerprint density at radius 3 is 2.97 bits per heavy atom. The number of esters is 1. The molecule has 7 nitrogen and oxygen atoms in total. The summed E-state index contributed by atoms with van der Waals surface area (Å²) in [7, 11) is 0. The van der Waals surface area contributed by atoms with Crippen LogP contribution in [-0.2, 0) is 17.8 Å². The number of pyridine rings is 1. The summed E-state index contributed by atoms with van der Waals surface area (Å²) in [5, 5.41) is 2.55. The van der Waals surface area contributed by atoms with Gasteiger partial charge in [0.2, 0.25) is 0 Å². The summed E-state index contributed by atoms with van der Waals surface area (Å²) in [6.45, 7) is 2.08. The van der Waals surface area contributed by atoms with E-state index >= 15 is 0 Å². The molecule has 0 spiro atoms. The lowest BCUT2D eigenvalue weighted by molar-refractivity contribution is 0.0468. The summed E-state index contributed by atoms with van der Waals surface area (Å²) < 4.78 is 12.7. The highest BCUT2D eigenvalue weighted by molar-refractivity contribution is 7.15. The summed E-state index contributed by atoms with van der Waals surface area (Å²) in [5.74, 6) is 0.626. The minimum Gasteiger partial charge on any atom is -0.465 e. The molecule has 0 saturated heterocycles. The maximum Gasteiger partial charge on any atom is 0.339 e. The first-order valence-corrected chi connectivity index (χ1v) is 12.2. The Bertz CT molecular complexity index is 1660. The van der Waals surface area contributed by atoms with E-state index in [9.17, 15) is 9.59 Å². The molecule has 1 unspecified atom stereocenters. The van der Waals surface area contributed by atoms with Gasteiger partial charge in [-0.1, -0.05) is 25.1 Å². The number of para-hydroxylation sites is 1. The Kier molecular flexibility index (Phi) is 5.30. The number of aromatic nitrogens is 3. The van der Waals surface area contributed by atoms with Crippen LogP contribution in [0, 0.1) is 5.92 Å². The predicted molar refractivity (Wildman–Crippen MR) is 134 cm³/mol. The highest BCUT2D eigenvalue weighted by atomic mass is 32.1. The summed E-state index contributed by atoms with van der Waals surface area (Å²) in [6.07, 6.45) is 6.87. The van der Waals surface area contributed by atoms with Crippen LogP contribution in [0.2, 0.25) is 0 Å². The SMILES string of the molecule is CC1C/C(=C\c2ccco2)c2nc3ccccc3c(C(=O)OCc3cc(=O)n4ccsc4n3)c2C1. The fraction of sp³-hybridized carbons (Fsp3) is 0.185. The maximum absolute atomic E-state index is 13.5. The molecule has 0 saturated carbocycles. The molecule has 0 radical (unpaired) electrons. The molecule has 0 fully saturated rings. The monoisotopic (exact) mass is 483 g/mol. The van der Waals surface area contributed by atoms with Crippen molar-refractivity contribution in [2.75, 3.05) is 0 Å². The Morgan fingerprint density at radius 1 is 1.23 bits per heavy atom. The molecule has 35 heavy (non-hydrogen) atoms. The molecule has 0 amide bonds. The molecule has 174 valence electrons. The van der Waals surface area contributed by atoms with E-state index in [1.165, 1.54) is 21.8 Å². The number of nitrogens with zero attached hydrogens (tertiary/aromatic N) is 3. The molecule has 1 aliphatic carbocycles. The van der Waals surface area contributed by atoms with Crippen molar-refractivity contribution in [3.05, 3.63) is 98.9 Å². The summed E-state index contributed by atoms with van der Waals surface area (Å²) >= 11 is 1.36.